The summed E-state index contributed by atoms with van der Waals surface area (Å²) in [5, 5.41) is 0. The predicted molar refractivity (Wildman–Crippen MR) is 73.0 cm³/mol. The van der Waals surface area contributed by atoms with Gasteiger partial charge in [-0.1, -0.05) is 30.3 Å². The smallest absolute Gasteiger partial charge is 0.305 e. The maximum atomic E-state index is 12.0. The molecule has 0 unspecified atom stereocenters. The number of aromatic amines is 1. The van der Waals surface area contributed by atoms with E-state index in [1.807, 2.05) is 30.3 Å². The summed E-state index contributed by atoms with van der Waals surface area (Å²) < 4.78 is 1.02. The van der Waals surface area contributed by atoms with E-state index in [4.69, 9.17) is 0 Å². The monoisotopic (exact) mass is 253 g/mol. The Bertz CT molecular complexity index is 863. The van der Waals surface area contributed by atoms with Crippen molar-refractivity contribution in [3.05, 3.63) is 63.3 Å². The van der Waals surface area contributed by atoms with Crippen LogP contribution in [0.5, 0.6) is 0 Å². The van der Waals surface area contributed by atoms with Crippen molar-refractivity contribution in [3.8, 4) is 11.3 Å². The first-order valence-corrected chi connectivity index (χ1v) is 5.82. The average Bonchev–Trinajstić information content (AvgIpc) is 2.46. The minimum absolute atomic E-state index is 0.267. The molecule has 0 aliphatic rings. The Morgan fingerprint density at radius 2 is 1.79 bits per heavy atom. The van der Waals surface area contributed by atoms with Gasteiger partial charge in [0.05, 0.1) is 11.2 Å². The third-order valence-corrected chi connectivity index (χ3v) is 3.02. The van der Waals surface area contributed by atoms with Gasteiger partial charge in [-0.2, -0.15) is 0 Å². The highest BCUT2D eigenvalue weighted by molar-refractivity contribution is 5.76. The first-order valence-electron chi connectivity index (χ1n) is 5.82. The third-order valence-electron chi connectivity index (χ3n) is 3.02. The van der Waals surface area contributed by atoms with Crippen LogP contribution in [0.4, 0.5) is 0 Å². The largest absolute Gasteiger partial charge is 0.328 e. The van der Waals surface area contributed by atoms with Gasteiger partial charge in [0.1, 0.15) is 0 Å². The van der Waals surface area contributed by atoms with Crippen molar-refractivity contribution in [2.24, 2.45) is 7.05 Å². The van der Waals surface area contributed by atoms with E-state index >= 15 is 0 Å². The molecule has 1 aromatic carbocycles. The summed E-state index contributed by atoms with van der Waals surface area (Å²) in [6, 6.07) is 13.1. The Kier molecular flexibility index (Phi) is 2.52. The van der Waals surface area contributed by atoms with Crippen LogP contribution in [0, 0.1) is 0 Å². The lowest BCUT2D eigenvalue weighted by atomic mass is 10.1. The molecule has 0 bridgehead atoms. The minimum Gasteiger partial charge on any atom is -0.305 e. The van der Waals surface area contributed by atoms with Crippen LogP contribution >= 0.6 is 0 Å². The molecule has 5 heteroatoms. The molecule has 0 spiro atoms. The summed E-state index contributed by atoms with van der Waals surface area (Å²) in [7, 11) is 1.43. The van der Waals surface area contributed by atoms with Crippen molar-refractivity contribution in [1.82, 2.24) is 14.5 Å². The Morgan fingerprint density at radius 1 is 1.05 bits per heavy atom. The summed E-state index contributed by atoms with van der Waals surface area (Å²) in [5.74, 6) is 0. The minimum atomic E-state index is -0.438. The maximum Gasteiger partial charge on any atom is 0.328 e. The number of hydrogen-bond acceptors (Lipinski definition) is 3. The number of fused-ring (bicyclic) bond motifs is 1. The topological polar surface area (TPSA) is 67.8 Å². The number of benzene rings is 1. The number of H-pyrrole nitrogens is 1. The zero-order valence-corrected chi connectivity index (χ0v) is 10.3. The molecule has 0 atom stereocenters. The molecule has 0 amide bonds. The molecule has 94 valence electrons. The quantitative estimate of drug-likeness (QED) is 0.710. The Morgan fingerprint density at radius 3 is 2.53 bits per heavy atom. The van der Waals surface area contributed by atoms with Crippen molar-refractivity contribution >= 4 is 11.0 Å². The van der Waals surface area contributed by atoms with Crippen molar-refractivity contribution in [1.29, 1.82) is 0 Å². The van der Waals surface area contributed by atoms with Gasteiger partial charge in [0.25, 0.3) is 5.56 Å². The molecule has 0 aliphatic heterocycles. The SMILES string of the molecule is Cn1c(=O)[nH]c2ccc(-c3ccccc3)nc2c1=O. The van der Waals surface area contributed by atoms with E-state index in [1.54, 1.807) is 12.1 Å². The molecule has 2 heterocycles. The van der Waals surface area contributed by atoms with Crippen LogP contribution in [0.2, 0.25) is 0 Å². The first-order chi connectivity index (χ1) is 9.16. The lowest BCUT2D eigenvalue weighted by molar-refractivity contribution is 0.790. The normalized spacial score (nSPS) is 10.8. The number of nitrogens with one attached hydrogen (secondary N) is 1. The molecular weight excluding hydrogens is 242 g/mol. The molecule has 0 fully saturated rings. The zero-order chi connectivity index (χ0) is 13.4. The molecule has 3 aromatic rings. The third kappa shape index (κ3) is 1.85. The highest BCUT2D eigenvalue weighted by atomic mass is 16.2. The molecule has 0 saturated heterocycles. The molecule has 5 nitrogen and oxygen atoms in total. The lowest BCUT2D eigenvalue weighted by Crippen LogP contribution is -2.32. The Hall–Kier alpha value is -2.69. The number of rotatable bonds is 1. The molecule has 1 N–H and O–H groups in total. The van der Waals surface area contributed by atoms with Crippen LogP contribution in [0.1, 0.15) is 0 Å². The van der Waals surface area contributed by atoms with E-state index in [2.05, 4.69) is 9.97 Å². The molecule has 0 saturated carbocycles. The maximum absolute atomic E-state index is 12.0. The molecule has 3 rings (SSSR count). The van der Waals surface area contributed by atoms with Gasteiger partial charge in [-0.25, -0.2) is 9.78 Å². The zero-order valence-electron chi connectivity index (χ0n) is 10.3. The second kappa shape index (κ2) is 4.20. The first kappa shape index (κ1) is 11.4. The molecule has 19 heavy (non-hydrogen) atoms. The standard InChI is InChI=1S/C14H11N3O2/c1-17-13(18)12-11(16-14(17)19)8-7-10(15-12)9-5-3-2-4-6-9/h2-8H,1H3,(H,16,19). The van der Waals surface area contributed by atoms with Crippen LogP contribution in [-0.4, -0.2) is 14.5 Å². The predicted octanol–water partition coefficient (Wildman–Crippen LogP) is 1.29. The number of aromatic nitrogens is 3. The van der Waals surface area contributed by atoms with Crippen LogP contribution in [0.15, 0.2) is 52.1 Å². The summed E-state index contributed by atoms with van der Waals surface area (Å²) in [5.41, 5.74) is 1.52. The lowest BCUT2D eigenvalue weighted by Gasteiger charge is -2.03. The fourth-order valence-electron chi connectivity index (χ4n) is 1.94. The second-order valence-electron chi connectivity index (χ2n) is 4.25. The number of pyridine rings is 1. The summed E-state index contributed by atoms with van der Waals surface area (Å²) in [6.07, 6.45) is 0. The van der Waals surface area contributed by atoms with Gasteiger partial charge in [-0.15, -0.1) is 0 Å². The van der Waals surface area contributed by atoms with Crippen molar-refractivity contribution in [3.63, 3.8) is 0 Å². The molecule has 0 aliphatic carbocycles. The van der Waals surface area contributed by atoms with E-state index in [1.165, 1.54) is 7.05 Å². The molecule has 2 aromatic heterocycles. The highest BCUT2D eigenvalue weighted by Crippen LogP contribution is 2.17. The van der Waals surface area contributed by atoms with Crippen molar-refractivity contribution in [2.75, 3.05) is 0 Å². The van der Waals surface area contributed by atoms with Crippen LogP contribution in [0.3, 0.4) is 0 Å². The highest BCUT2D eigenvalue weighted by Gasteiger charge is 2.07. The van der Waals surface area contributed by atoms with Gasteiger partial charge in [0.2, 0.25) is 0 Å². The van der Waals surface area contributed by atoms with Crippen LogP contribution in [-0.2, 0) is 7.05 Å². The van der Waals surface area contributed by atoms with Gasteiger partial charge < -0.3 is 4.98 Å². The summed E-state index contributed by atoms with van der Waals surface area (Å²) >= 11 is 0. The van der Waals surface area contributed by atoms with Gasteiger partial charge in [-0.05, 0) is 12.1 Å². The number of nitrogens with zero attached hydrogens (tertiary/aromatic N) is 2. The Balaban J connectivity index is 2.33. The van der Waals surface area contributed by atoms with Gasteiger partial charge in [-0.3, -0.25) is 9.36 Å². The van der Waals surface area contributed by atoms with Gasteiger partial charge in [0, 0.05) is 12.6 Å². The van der Waals surface area contributed by atoms with Crippen molar-refractivity contribution < 1.29 is 0 Å². The fourth-order valence-corrected chi connectivity index (χ4v) is 1.94. The van der Waals surface area contributed by atoms with E-state index in [0.29, 0.717) is 11.2 Å². The fraction of sp³-hybridized carbons (Fsp3) is 0.0714. The van der Waals surface area contributed by atoms with Crippen LogP contribution < -0.4 is 11.2 Å². The van der Waals surface area contributed by atoms with Gasteiger partial charge in [0.15, 0.2) is 5.52 Å². The molecular formula is C14H11N3O2. The van der Waals surface area contributed by atoms with E-state index in [9.17, 15) is 9.59 Å². The number of hydrogen-bond donors (Lipinski definition) is 1. The van der Waals surface area contributed by atoms with Crippen molar-refractivity contribution in [2.45, 2.75) is 0 Å². The Labute approximate surface area is 108 Å². The average molecular weight is 253 g/mol. The van der Waals surface area contributed by atoms with Gasteiger partial charge >= 0.3 is 5.69 Å². The molecule has 0 radical (unpaired) electrons. The van der Waals surface area contributed by atoms with E-state index in [-0.39, 0.29) is 5.52 Å². The second-order valence-corrected chi connectivity index (χ2v) is 4.25. The van der Waals surface area contributed by atoms with E-state index in [0.717, 1.165) is 10.1 Å². The summed E-state index contributed by atoms with van der Waals surface area (Å²) in [6.45, 7) is 0. The van der Waals surface area contributed by atoms with E-state index < -0.39 is 11.2 Å². The summed E-state index contributed by atoms with van der Waals surface area (Å²) in [4.78, 5) is 30.5. The van der Waals surface area contributed by atoms with Crippen LogP contribution in [0.25, 0.3) is 22.3 Å².